The summed E-state index contributed by atoms with van der Waals surface area (Å²) in [7, 11) is 1.47. The molecule has 1 aromatic carbocycles. The highest BCUT2D eigenvalue weighted by atomic mass is 19.2. The van der Waals surface area contributed by atoms with E-state index in [1.54, 1.807) is 0 Å². The van der Waals surface area contributed by atoms with Crippen LogP contribution in [0, 0.1) is 17.6 Å². The molecule has 2 nitrogen and oxygen atoms in total. The molecule has 1 unspecified atom stereocenters. The van der Waals surface area contributed by atoms with Gasteiger partial charge in [-0.25, -0.2) is 8.78 Å². The molecule has 0 saturated heterocycles. The summed E-state index contributed by atoms with van der Waals surface area (Å²) in [5.74, 6) is -1.92. The molecule has 0 aliphatic rings. The molecule has 17 heavy (non-hydrogen) atoms. The average molecular weight is 244 g/mol. The van der Waals surface area contributed by atoms with Crippen LogP contribution in [0.2, 0.25) is 0 Å². The van der Waals surface area contributed by atoms with Crippen LogP contribution < -0.4 is 0 Å². The number of hydrogen-bond donors (Lipinski definition) is 1. The molecule has 0 fully saturated rings. The monoisotopic (exact) mass is 244 g/mol. The molecule has 1 aromatic rings. The van der Waals surface area contributed by atoms with Gasteiger partial charge in [0, 0.05) is 13.5 Å². The Labute approximate surface area is 100 Å². The number of rotatable bonds is 5. The van der Waals surface area contributed by atoms with E-state index in [4.69, 9.17) is 4.74 Å². The van der Waals surface area contributed by atoms with Crippen molar-refractivity contribution in [2.45, 2.75) is 25.9 Å². The second-order valence-corrected chi connectivity index (χ2v) is 4.58. The van der Waals surface area contributed by atoms with Gasteiger partial charge in [0.25, 0.3) is 0 Å². The zero-order chi connectivity index (χ0) is 13.1. The summed E-state index contributed by atoms with van der Waals surface area (Å²) in [6.45, 7) is 3.72. The van der Waals surface area contributed by atoms with Gasteiger partial charge in [0.15, 0.2) is 11.6 Å². The predicted molar refractivity (Wildman–Crippen MR) is 61.7 cm³/mol. The Morgan fingerprint density at radius 3 is 2.53 bits per heavy atom. The maximum Gasteiger partial charge on any atom is 0.162 e. The van der Waals surface area contributed by atoms with E-state index in [0.717, 1.165) is 6.07 Å². The van der Waals surface area contributed by atoms with E-state index in [2.05, 4.69) is 0 Å². The van der Waals surface area contributed by atoms with Gasteiger partial charge < -0.3 is 9.84 Å². The summed E-state index contributed by atoms with van der Waals surface area (Å²) in [6, 6.07) is 3.96. The Morgan fingerprint density at radius 2 is 2.00 bits per heavy atom. The molecule has 4 heteroatoms. The van der Waals surface area contributed by atoms with Crippen molar-refractivity contribution in [2.75, 3.05) is 13.7 Å². The summed E-state index contributed by atoms with van der Waals surface area (Å²) in [6.07, 6.45) is 0.0299. The van der Waals surface area contributed by atoms with Crippen LogP contribution in [0.25, 0.3) is 0 Å². The number of halogens is 2. The molecule has 0 radical (unpaired) electrons. The molecule has 96 valence electrons. The number of ether oxygens (including phenoxy) is 1. The van der Waals surface area contributed by atoms with Crippen molar-refractivity contribution in [1.82, 2.24) is 0 Å². The van der Waals surface area contributed by atoms with Crippen molar-refractivity contribution < 1.29 is 18.6 Å². The van der Waals surface area contributed by atoms with Gasteiger partial charge in [-0.1, -0.05) is 26.0 Å². The van der Waals surface area contributed by atoms with Crippen LogP contribution in [0.4, 0.5) is 8.78 Å². The topological polar surface area (TPSA) is 29.5 Å². The van der Waals surface area contributed by atoms with Crippen LogP contribution in [-0.2, 0) is 11.2 Å². The molecule has 1 atom stereocenters. The predicted octanol–water partition coefficient (Wildman–Crippen LogP) is 2.54. The van der Waals surface area contributed by atoms with Gasteiger partial charge >= 0.3 is 0 Å². The zero-order valence-electron chi connectivity index (χ0n) is 10.3. The van der Waals surface area contributed by atoms with Crippen molar-refractivity contribution in [3.63, 3.8) is 0 Å². The summed E-state index contributed by atoms with van der Waals surface area (Å²) in [5.41, 5.74) is -1.03. The molecular formula is C13H18F2O2. The molecule has 0 aromatic heterocycles. The quantitative estimate of drug-likeness (QED) is 0.862. The van der Waals surface area contributed by atoms with E-state index < -0.39 is 17.2 Å². The Hall–Kier alpha value is -1.00. The van der Waals surface area contributed by atoms with Crippen molar-refractivity contribution in [3.05, 3.63) is 35.4 Å². The fourth-order valence-corrected chi connectivity index (χ4v) is 1.69. The summed E-state index contributed by atoms with van der Waals surface area (Å²) < 4.78 is 31.5. The maximum absolute atomic E-state index is 13.5. The van der Waals surface area contributed by atoms with E-state index in [1.165, 1.54) is 19.2 Å². The number of hydrogen-bond acceptors (Lipinski definition) is 2. The maximum atomic E-state index is 13.5. The molecule has 0 amide bonds. The average Bonchev–Trinajstić information content (AvgIpc) is 2.25. The van der Waals surface area contributed by atoms with Crippen molar-refractivity contribution in [1.29, 1.82) is 0 Å². The molecule has 0 saturated carbocycles. The molecule has 0 heterocycles. The van der Waals surface area contributed by atoms with Crippen LogP contribution in [0.5, 0.6) is 0 Å². The minimum atomic E-state index is -1.19. The SMILES string of the molecule is COCC(O)(Cc1cccc(F)c1F)C(C)C. The van der Waals surface area contributed by atoms with Crippen molar-refractivity contribution in [3.8, 4) is 0 Å². The second-order valence-electron chi connectivity index (χ2n) is 4.58. The Kier molecular flexibility index (Phi) is 4.60. The van der Waals surface area contributed by atoms with E-state index in [-0.39, 0.29) is 24.5 Å². The lowest BCUT2D eigenvalue weighted by molar-refractivity contribution is -0.0642. The third-order valence-electron chi connectivity index (χ3n) is 3.00. The minimum absolute atomic E-state index is 0.0299. The Morgan fingerprint density at radius 1 is 1.35 bits per heavy atom. The smallest absolute Gasteiger partial charge is 0.162 e. The fourth-order valence-electron chi connectivity index (χ4n) is 1.69. The van der Waals surface area contributed by atoms with E-state index in [9.17, 15) is 13.9 Å². The first kappa shape index (κ1) is 14.1. The summed E-state index contributed by atoms with van der Waals surface area (Å²) >= 11 is 0. The molecule has 0 aliphatic carbocycles. The van der Waals surface area contributed by atoms with Gasteiger partial charge in [0.1, 0.15) is 0 Å². The first-order valence-electron chi connectivity index (χ1n) is 5.55. The number of aliphatic hydroxyl groups is 1. The lowest BCUT2D eigenvalue weighted by Gasteiger charge is -2.31. The highest BCUT2D eigenvalue weighted by Crippen LogP contribution is 2.25. The van der Waals surface area contributed by atoms with Gasteiger partial charge in [0.05, 0.1) is 12.2 Å². The molecular weight excluding hydrogens is 226 g/mol. The summed E-state index contributed by atoms with van der Waals surface area (Å²) in [5, 5.41) is 10.3. The minimum Gasteiger partial charge on any atom is -0.387 e. The van der Waals surface area contributed by atoms with E-state index >= 15 is 0 Å². The standard InChI is InChI=1S/C13H18F2O2/c1-9(2)13(16,8-17-3)7-10-5-4-6-11(14)12(10)15/h4-6,9,16H,7-8H2,1-3H3. The largest absolute Gasteiger partial charge is 0.387 e. The second kappa shape index (κ2) is 5.56. The highest BCUT2D eigenvalue weighted by Gasteiger charge is 2.32. The van der Waals surface area contributed by atoms with Gasteiger partial charge in [-0.15, -0.1) is 0 Å². The molecule has 0 spiro atoms. The van der Waals surface area contributed by atoms with Gasteiger partial charge in [-0.3, -0.25) is 0 Å². The van der Waals surface area contributed by atoms with Crippen LogP contribution in [0.3, 0.4) is 0 Å². The third-order valence-corrected chi connectivity index (χ3v) is 3.00. The van der Waals surface area contributed by atoms with E-state index in [1.807, 2.05) is 13.8 Å². The van der Waals surface area contributed by atoms with Gasteiger partial charge in [0.2, 0.25) is 0 Å². The lowest BCUT2D eigenvalue weighted by atomic mass is 9.85. The first-order chi connectivity index (χ1) is 7.90. The fraction of sp³-hybridized carbons (Fsp3) is 0.538. The van der Waals surface area contributed by atoms with Gasteiger partial charge in [-0.2, -0.15) is 0 Å². The lowest BCUT2D eigenvalue weighted by Crippen LogP contribution is -2.42. The molecule has 0 aliphatic heterocycles. The molecule has 0 bridgehead atoms. The van der Waals surface area contributed by atoms with Crippen LogP contribution in [0.1, 0.15) is 19.4 Å². The number of methoxy groups -OCH3 is 1. The third kappa shape index (κ3) is 3.23. The Bertz CT molecular complexity index is 380. The first-order valence-corrected chi connectivity index (χ1v) is 5.55. The highest BCUT2D eigenvalue weighted by molar-refractivity contribution is 5.21. The van der Waals surface area contributed by atoms with E-state index in [0.29, 0.717) is 0 Å². The van der Waals surface area contributed by atoms with Crippen LogP contribution in [0.15, 0.2) is 18.2 Å². The number of benzene rings is 1. The van der Waals surface area contributed by atoms with Crippen molar-refractivity contribution in [2.24, 2.45) is 5.92 Å². The molecule has 1 rings (SSSR count). The van der Waals surface area contributed by atoms with Crippen LogP contribution in [-0.4, -0.2) is 24.4 Å². The molecule has 1 N–H and O–H groups in total. The normalized spacial score (nSPS) is 15.0. The summed E-state index contributed by atoms with van der Waals surface area (Å²) in [4.78, 5) is 0. The Balaban J connectivity index is 2.98. The zero-order valence-corrected chi connectivity index (χ0v) is 10.3. The van der Waals surface area contributed by atoms with Crippen molar-refractivity contribution >= 4 is 0 Å². The van der Waals surface area contributed by atoms with Gasteiger partial charge in [-0.05, 0) is 17.5 Å². The van der Waals surface area contributed by atoms with Crippen LogP contribution >= 0.6 is 0 Å².